The average Bonchev–Trinajstić information content (AvgIpc) is 3.31. The van der Waals surface area contributed by atoms with Crippen molar-refractivity contribution in [1.82, 2.24) is 29.1 Å². The Bertz CT molecular complexity index is 1530. The Morgan fingerprint density at radius 2 is 2.00 bits per heavy atom. The molecule has 0 aliphatic rings. The number of hydrogen-bond donors (Lipinski definition) is 1. The predicted octanol–water partition coefficient (Wildman–Crippen LogP) is 2.92. The predicted molar refractivity (Wildman–Crippen MR) is 115 cm³/mol. The highest BCUT2D eigenvalue weighted by molar-refractivity contribution is 7.91. The summed E-state index contributed by atoms with van der Waals surface area (Å²) in [6.45, 7) is 3.19. The molecule has 1 atom stereocenters. The second-order valence-electron chi connectivity index (χ2n) is 7.24. The molecule has 172 valence electrons. The largest absolute Gasteiger partial charge is 0.417 e. The maximum atomic E-state index is 13.2. The highest BCUT2D eigenvalue weighted by atomic mass is 32.2. The number of rotatable bonds is 5. The monoisotopic (exact) mass is 477 g/mol. The van der Waals surface area contributed by atoms with Gasteiger partial charge in [-0.2, -0.15) is 22.8 Å². The normalized spacial score (nSPS) is 13.4. The number of pyridine rings is 1. The lowest BCUT2D eigenvalue weighted by Gasteiger charge is -2.10. The van der Waals surface area contributed by atoms with Gasteiger partial charge in [-0.1, -0.05) is 12.8 Å². The molecule has 0 bridgehead atoms. The fourth-order valence-corrected chi connectivity index (χ4v) is 4.28. The van der Waals surface area contributed by atoms with Crippen molar-refractivity contribution in [2.45, 2.75) is 31.1 Å². The summed E-state index contributed by atoms with van der Waals surface area (Å²) < 4.78 is 68.0. The zero-order valence-corrected chi connectivity index (χ0v) is 18.5. The summed E-state index contributed by atoms with van der Waals surface area (Å²) >= 11 is 0. The Balaban J connectivity index is 2.05. The first-order valence-corrected chi connectivity index (χ1v) is 11.4. The van der Waals surface area contributed by atoms with Crippen molar-refractivity contribution in [2.75, 3.05) is 11.1 Å². The van der Waals surface area contributed by atoms with Gasteiger partial charge in [-0.05, 0) is 19.1 Å². The number of halogens is 3. The lowest BCUT2D eigenvalue weighted by molar-refractivity contribution is -0.137. The van der Waals surface area contributed by atoms with Gasteiger partial charge < -0.3 is 9.88 Å². The molecule has 13 heteroatoms. The second kappa shape index (κ2) is 7.73. The van der Waals surface area contributed by atoms with E-state index in [4.69, 9.17) is 6.42 Å². The minimum Gasteiger partial charge on any atom is -0.357 e. The summed E-state index contributed by atoms with van der Waals surface area (Å²) in [5.74, 6) is 2.71. The van der Waals surface area contributed by atoms with E-state index in [9.17, 15) is 21.6 Å². The van der Waals surface area contributed by atoms with Gasteiger partial charge in [-0.3, -0.25) is 0 Å². The number of imidazole rings is 1. The van der Waals surface area contributed by atoms with Crippen LogP contribution in [-0.2, 0) is 23.1 Å². The van der Waals surface area contributed by atoms with E-state index in [0.29, 0.717) is 12.0 Å². The summed E-state index contributed by atoms with van der Waals surface area (Å²) in [6, 6.07) is 2.04. The molecule has 1 unspecified atom stereocenters. The Labute approximate surface area is 186 Å². The quantitative estimate of drug-likeness (QED) is 0.441. The minimum absolute atomic E-state index is 0.0447. The van der Waals surface area contributed by atoms with Gasteiger partial charge in [0.1, 0.15) is 22.7 Å². The first-order chi connectivity index (χ1) is 15.5. The Morgan fingerprint density at radius 1 is 1.27 bits per heavy atom. The van der Waals surface area contributed by atoms with Crippen LogP contribution in [0.2, 0.25) is 0 Å². The van der Waals surface area contributed by atoms with E-state index < -0.39 is 27.6 Å². The summed E-state index contributed by atoms with van der Waals surface area (Å²) in [6.07, 6.45) is 2.98. The molecule has 0 aliphatic carbocycles. The molecule has 33 heavy (non-hydrogen) atoms. The van der Waals surface area contributed by atoms with Crippen molar-refractivity contribution < 1.29 is 21.6 Å². The second-order valence-corrected chi connectivity index (χ2v) is 9.43. The number of nitrogens with zero attached hydrogens (tertiary/aromatic N) is 6. The number of nitrogens with one attached hydrogen (secondary N) is 1. The van der Waals surface area contributed by atoms with Crippen LogP contribution in [0.3, 0.4) is 0 Å². The van der Waals surface area contributed by atoms with Crippen LogP contribution in [0.25, 0.3) is 28.2 Å². The van der Waals surface area contributed by atoms with Gasteiger partial charge in [0.2, 0.25) is 0 Å². The molecular weight excluding hydrogens is 459 g/mol. The number of alkyl halides is 3. The molecule has 0 fully saturated rings. The number of terminal acetylenes is 1. The molecule has 0 aromatic carbocycles. The van der Waals surface area contributed by atoms with Gasteiger partial charge in [0.15, 0.2) is 26.2 Å². The van der Waals surface area contributed by atoms with Crippen molar-refractivity contribution in [3.63, 3.8) is 0 Å². The fourth-order valence-electron chi connectivity index (χ4n) is 3.30. The standard InChI is InChI=1S/C20H18F3N7O2S/c1-5-11(3)26-14-7-8-24-17-15(19(28-30(14)17)33(31,32)6-2)18-27-13-9-12(20(21,22)23)10-25-16(13)29(18)4/h1,7-11,26H,6H2,2-4H3. The van der Waals surface area contributed by atoms with Gasteiger partial charge in [-0.15, -0.1) is 6.42 Å². The summed E-state index contributed by atoms with van der Waals surface area (Å²) in [5, 5.41) is 7.00. The van der Waals surface area contributed by atoms with Crippen LogP contribution in [0, 0.1) is 12.3 Å². The molecular formula is C20H18F3N7O2S. The third-order valence-corrected chi connectivity index (χ3v) is 6.67. The van der Waals surface area contributed by atoms with Gasteiger partial charge >= 0.3 is 6.18 Å². The van der Waals surface area contributed by atoms with Crippen LogP contribution in [0.5, 0.6) is 0 Å². The lowest BCUT2D eigenvalue weighted by atomic mass is 10.2. The number of sulfone groups is 1. The number of hydrogen-bond acceptors (Lipinski definition) is 7. The van der Waals surface area contributed by atoms with E-state index in [1.165, 1.54) is 29.3 Å². The fraction of sp³-hybridized carbons (Fsp3) is 0.300. The smallest absolute Gasteiger partial charge is 0.357 e. The highest BCUT2D eigenvalue weighted by Crippen LogP contribution is 2.35. The molecule has 0 aliphatic heterocycles. The van der Waals surface area contributed by atoms with E-state index in [0.717, 1.165) is 6.07 Å². The zero-order valence-electron chi connectivity index (χ0n) is 17.7. The highest BCUT2D eigenvalue weighted by Gasteiger charge is 2.33. The first kappa shape index (κ1) is 22.5. The van der Waals surface area contributed by atoms with Crippen molar-refractivity contribution in [2.24, 2.45) is 7.05 Å². The lowest BCUT2D eigenvalue weighted by Crippen LogP contribution is -2.15. The van der Waals surface area contributed by atoms with Crippen LogP contribution < -0.4 is 5.32 Å². The SMILES string of the molecule is C#CC(C)Nc1ccnc2c(-c3nc4cc(C(F)(F)F)cnc4n3C)c(S(=O)(=O)CC)nn12. The first-order valence-electron chi connectivity index (χ1n) is 9.71. The van der Waals surface area contributed by atoms with Crippen molar-refractivity contribution in [3.8, 4) is 23.7 Å². The maximum absolute atomic E-state index is 13.2. The Hall–Kier alpha value is -3.66. The average molecular weight is 477 g/mol. The Kier molecular flexibility index (Phi) is 5.28. The molecule has 4 aromatic rings. The van der Waals surface area contributed by atoms with Crippen LogP contribution in [0.1, 0.15) is 19.4 Å². The molecule has 4 heterocycles. The van der Waals surface area contributed by atoms with E-state index in [2.05, 4.69) is 31.3 Å². The van der Waals surface area contributed by atoms with E-state index >= 15 is 0 Å². The summed E-state index contributed by atoms with van der Waals surface area (Å²) in [4.78, 5) is 12.4. The van der Waals surface area contributed by atoms with Crippen LogP contribution >= 0.6 is 0 Å². The zero-order chi connectivity index (χ0) is 24.1. The minimum atomic E-state index is -4.60. The van der Waals surface area contributed by atoms with Crippen molar-refractivity contribution >= 4 is 32.5 Å². The summed E-state index contributed by atoms with van der Waals surface area (Å²) in [7, 11) is -2.34. The third kappa shape index (κ3) is 3.76. The van der Waals surface area contributed by atoms with Crippen molar-refractivity contribution in [3.05, 3.63) is 30.1 Å². The van der Waals surface area contributed by atoms with Crippen LogP contribution in [0.4, 0.5) is 19.0 Å². The topological polar surface area (TPSA) is 107 Å². The third-order valence-electron chi connectivity index (χ3n) is 5.04. The van der Waals surface area contributed by atoms with Crippen LogP contribution in [0.15, 0.2) is 29.6 Å². The van der Waals surface area contributed by atoms with Gasteiger partial charge in [0.05, 0.1) is 17.4 Å². The van der Waals surface area contributed by atoms with Crippen molar-refractivity contribution in [1.29, 1.82) is 0 Å². The number of aromatic nitrogens is 6. The molecule has 4 rings (SSSR count). The maximum Gasteiger partial charge on any atom is 0.417 e. The molecule has 0 amide bonds. The molecule has 0 saturated heterocycles. The molecule has 9 nitrogen and oxygen atoms in total. The van der Waals surface area contributed by atoms with Gasteiger partial charge in [0, 0.05) is 19.4 Å². The number of fused-ring (bicyclic) bond motifs is 2. The molecule has 4 aromatic heterocycles. The van der Waals surface area contributed by atoms with Crippen LogP contribution in [-0.4, -0.2) is 49.3 Å². The van der Waals surface area contributed by atoms with Gasteiger partial charge in [0.25, 0.3) is 0 Å². The summed E-state index contributed by atoms with van der Waals surface area (Å²) in [5.41, 5.74) is -0.661. The number of anilines is 1. The Morgan fingerprint density at radius 3 is 2.64 bits per heavy atom. The molecule has 1 N–H and O–H groups in total. The number of aryl methyl sites for hydroxylation is 1. The molecule has 0 spiro atoms. The van der Waals surface area contributed by atoms with E-state index in [-0.39, 0.29) is 39.0 Å². The van der Waals surface area contributed by atoms with E-state index in [1.807, 2.05) is 0 Å². The molecule has 0 saturated carbocycles. The van der Waals surface area contributed by atoms with E-state index in [1.54, 1.807) is 13.0 Å². The molecule has 0 radical (unpaired) electrons. The van der Waals surface area contributed by atoms with Gasteiger partial charge in [-0.25, -0.2) is 23.4 Å².